The molecule has 0 aliphatic rings. The second-order valence-corrected chi connectivity index (χ2v) is 4.70. The highest BCUT2D eigenvalue weighted by Crippen LogP contribution is 2.27. The highest BCUT2D eigenvalue weighted by atomic mass is 35.5. The molecular formula is C14H13Cl2FN2O. The molecular weight excluding hydrogens is 302 g/mol. The van der Waals surface area contributed by atoms with Crippen LogP contribution in [0.1, 0.15) is 12.5 Å². The Balaban J connectivity index is 2.25. The van der Waals surface area contributed by atoms with Crippen molar-refractivity contribution in [2.24, 2.45) is 0 Å². The van der Waals surface area contributed by atoms with Gasteiger partial charge >= 0.3 is 0 Å². The molecule has 0 fully saturated rings. The standard InChI is InChI=1S/C14H13Cl2FN2O/c1-2-20-13-4-3-11(5-9(13)7-15)19-14-12(17)6-10(16)8-18-14/h3-6,8H,2,7H2,1H3,(H,18,19). The van der Waals surface area contributed by atoms with Crippen LogP contribution in [0.5, 0.6) is 5.75 Å². The summed E-state index contributed by atoms with van der Waals surface area (Å²) in [5.41, 5.74) is 1.51. The van der Waals surface area contributed by atoms with Crippen LogP contribution in [0.15, 0.2) is 30.5 Å². The van der Waals surface area contributed by atoms with Gasteiger partial charge in [0.1, 0.15) is 5.75 Å². The van der Waals surface area contributed by atoms with Crippen LogP contribution in [0.2, 0.25) is 5.02 Å². The SMILES string of the molecule is CCOc1ccc(Nc2ncc(Cl)cc2F)cc1CCl. The molecule has 1 aromatic heterocycles. The Labute approximate surface area is 126 Å². The maximum Gasteiger partial charge on any atom is 0.167 e. The number of ether oxygens (including phenoxy) is 1. The molecule has 0 bridgehead atoms. The molecule has 0 radical (unpaired) electrons. The number of alkyl halides is 1. The first-order chi connectivity index (χ1) is 9.63. The van der Waals surface area contributed by atoms with Crippen LogP contribution < -0.4 is 10.1 Å². The Hall–Kier alpha value is -1.52. The van der Waals surface area contributed by atoms with E-state index in [1.807, 2.05) is 6.92 Å². The van der Waals surface area contributed by atoms with E-state index in [2.05, 4.69) is 10.3 Å². The molecule has 2 aromatic rings. The lowest BCUT2D eigenvalue weighted by atomic mass is 10.2. The topological polar surface area (TPSA) is 34.1 Å². The number of anilines is 2. The molecule has 0 amide bonds. The van der Waals surface area contributed by atoms with Crippen molar-refractivity contribution in [1.82, 2.24) is 4.98 Å². The fraction of sp³-hybridized carbons (Fsp3) is 0.214. The van der Waals surface area contributed by atoms with Crippen molar-refractivity contribution in [2.45, 2.75) is 12.8 Å². The van der Waals surface area contributed by atoms with E-state index in [0.717, 1.165) is 11.3 Å². The maximum absolute atomic E-state index is 13.7. The molecule has 0 saturated carbocycles. The van der Waals surface area contributed by atoms with E-state index in [9.17, 15) is 4.39 Å². The fourth-order valence-corrected chi connectivity index (χ4v) is 2.05. The van der Waals surface area contributed by atoms with E-state index < -0.39 is 5.82 Å². The molecule has 2 rings (SSSR count). The Morgan fingerprint density at radius 1 is 1.35 bits per heavy atom. The van der Waals surface area contributed by atoms with Crippen LogP contribution in [0.3, 0.4) is 0 Å². The van der Waals surface area contributed by atoms with Crippen LogP contribution >= 0.6 is 23.2 Å². The number of halogens is 3. The minimum Gasteiger partial charge on any atom is -0.494 e. The first-order valence-electron chi connectivity index (χ1n) is 6.03. The van der Waals surface area contributed by atoms with E-state index in [1.54, 1.807) is 18.2 Å². The van der Waals surface area contributed by atoms with Crippen molar-refractivity contribution >= 4 is 34.7 Å². The summed E-state index contributed by atoms with van der Waals surface area (Å²) >= 11 is 11.5. The third-order valence-electron chi connectivity index (χ3n) is 2.57. The minimum absolute atomic E-state index is 0.110. The van der Waals surface area contributed by atoms with Gasteiger partial charge in [-0.05, 0) is 31.2 Å². The summed E-state index contributed by atoms with van der Waals surface area (Å²) in [6.07, 6.45) is 1.38. The van der Waals surface area contributed by atoms with E-state index in [0.29, 0.717) is 18.2 Å². The summed E-state index contributed by atoms with van der Waals surface area (Å²) in [4.78, 5) is 3.91. The normalized spacial score (nSPS) is 10.4. The van der Waals surface area contributed by atoms with Crippen molar-refractivity contribution in [3.8, 4) is 5.75 Å². The third kappa shape index (κ3) is 3.52. The number of benzene rings is 1. The smallest absolute Gasteiger partial charge is 0.167 e. The molecule has 106 valence electrons. The largest absolute Gasteiger partial charge is 0.494 e. The minimum atomic E-state index is -0.515. The maximum atomic E-state index is 13.7. The summed E-state index contributed by atoms with van der Waals surface area (Å²) in [6.45, 7) is 2.46. The van der Waals surface area contributed by atoms with Gasteiger partial charge in [0.2, 0.25) is 0 Å². The molecule has 3 nitrogen and oxygen atoms in total. The summed E-state index contributed by atoms with van der Waals surface area (Å²) in [5, 5.41) is 3.14. The molecule has 0 aliphatic carbocycles. The lowest BCUT2D eigenvalue weighted by molar-refractivity contribution is 0.337. The van der Waals surface area contributed by atoms with E-state index >= 15 is 0 Å². The van der Waals surface area contributed by atoms with Crippen molar-refractivity contribution in [2.75, 3.05) is 11.9 Å². The second kappa shape index (κ2) is 6.77. The average molecular weight is 315 g/mol. The molecule has 0 saturated heterocycles. The third-order valence-corrected chi connectivity index (χ3v) is 3.07. The number of nitrogens with zero attached hydrogens (tertiary/aromatic N) is 1. The molecule has 1 N–H and O–H groups in total. The van der Waals surface area contributed by atoms with Crippen LogP contribution in [-0.2, 0) is 5.88 Å². The summed E-state index contributed by atoms with van der Waals surface area (Å²) in [7, 11) is 0. The van der Waals surface area contributed by atoms with Crippen LogP contribution in [0, 0.1) is 5.82 Å². The van der Waals surface area contributed by atoms with Crippen LogP contribution in [0.25, 0.3) is 0 Å². The first kappa shape index (κ1) is 14.9. The fourth-order valence-electron chi connectivity index (χ4n) is 1.70. The van der Waals surface area contributed by atoms with Gasteiger partial charge < -0.3 is 10.1 Å². The summed E-state index contributed by atoms with van der Waals surface area (Å²) in [5.74, 6) is 0.622. The van der Waals surface area contributed by atoms with Crippen molar-refractivity contribution in [3.63, 3.8) is 0 Å². The molecule has 1 aromatic carbocycles. The predicted molar refractivity (Wildman–Crippen MR) is 79.7 cm³/mol. The average Bonchev–Trinajstić information content (AvgIpc) is 2.43. The number of nitrogens with one attached hydrogen (secondary N) is 1. The van der Waals surface area contributed by atoms with Crippen molar-refractivity contribution in [1.29, 1.82) is 0 Å². The number of rotatable bonds is 5. The first-order valence-corrected chi connectivity index (χ1v) is 6.95. The molecule has 0 aliphatic heterocycles. The molecule has 20 heavy (non-hydrogen) atoms. The van der Waals surface area contributed by atoms with E-state index in [-0.39, 0.29) is 10.8 Å². The Bertz CT molecular complexity index is 608. The zero-order valence-electron chi connectivity index (χ0n) is 10.8. The quantitative estimate of drug-likeness (QED) is 0.808. The lowest BCUT2D eigenvalue weighted by Gasteiger charge is -2.12. The molecule has 0 spiro atoms. The molecule has 0 atom stereocenters. The van der Waals surface area contributed by atoms with Gasteiger partial charge in [0.15, 0.2) is 11.6 Å². The van der Waals surface area contributed by atoms with Gasteiger partial charge in [-0.3, -0.25) is 0 Å². The second-order valence-electron chi connectivity index (χ2n) is 4.00. The van der Waals surface area contributed by atoms with Gasteiger partial charge in [0.05, 0.1) is 17.5 Å². The number of hydrogen-bond donors (Lipinski definition) is 1. The monoisotopic (exact) mass is 314 g/mol. The molecule has 1 heterocycles. The van der Waals surface area contributed by atoms with Gasteiger partial charge in [-0.2, -0.15) is 0 Å². The highest BCUT2D eigenvalue weighted by molar-refractivity contribution is 6.30. The molecule has 6 heteroatoms. The number of aromatic nitrogens is 1. The van der Waals surface area contributed by atoms with Crippen molar-refractivity contribution in [3.05, 3.63) is 46.9 Å². The molecule has 0 unspecified atom stereocenters. The lowest BCUT2D eigenvalue weighted by Crippen LogP contribution is -1.99. The van der Waals surface area contributed by atoms with Crippen LogP contribution in [0.4, 0.5) is 15.9 Å². The number of hydrogen-bond acceptors (Lipinski definition) is 3. The van der Waals surface area contributed by atoms with E-state index in [1.165, 1.54) is 12.3 Å². The van der Waals surface area contributed by atoms with Gasteiger partial charge in [0.25, 0.3) is 0 Å². The Morgan fingerprint density at radius 2 is 2.15 bits per heavy atom. The van der Waals surface area contributed by atoms with Gasteiger partial charge in [0, 0.05) is 17.4 Å². The van der Waals surface area contributed by atoms with Gasteiger partial charge in [-0.1, -0.05) is 11.6 Å². The van der Waals surface area contributed by atoms with Gasteiger partial charge in [-0.15, -0.1) is 11.6 Å². The number of pyridine rings is 1. The van der Waals surface area contributed by atoms with E-state index in [4.69, 9.17) is 27.9 Å². The summed E-state index contributed by atoms with van der Waals surface area (Å²) in [6, 6.07) is 6.57. The zero-order chi connectivity index (χ0) is 14.5. The Morgan fingerprint density at radius 3 is 2.80 bits per heavy atom. The highest BCUT2D eigenvalue weighted by Gasteiger charge is 2.08. The summed E-state index contributed by atoms with van der Waals surface area (Å²) < 4.78 is 19.1. The van der Waals surface area contributed by atoms with Gasteiger partial charge in [-0.25, -0.2) is 9.37 Å². The Kier molecular flexibility index (Phi) is 5.04. The van der Waals surface area contributed by atoms with Crippen LogP contribution in [-0.4, -0.2) is 11.6 Å². The van der Waals surface area contributed by atoms with Crippen molar-refractivity contribution < 1.29 is 9.13 Å². The zero-order valence-corrected chi connectivity index (χ0v) is 12.3. The predicted octanol–water partition coefficient (Wildman–Crippen LogP) is 4.76.